The van der Waals surface area contributed by atoms with E-state index in [1.807, 2.05) is 4.90 Å². The van der Waals surface area contributed by atoms with Crippen LogP contribution in [0.25, 0.3) is 0 Å². The molecule has 0 saturated carbocycles. The molecule has 0 aromatic heterocycles. The van der Waals surface area contributed by atoms with Crippen molar-refractivity contribution in [3.8, 4) is 0 Å². The van der Waals surface area contributed by atoms with Crippen molar-refractivity contribution in [2.75, 3.05) is 13.1 Å². The number of nitrogens with one attached hydrogen (secondary N) is 1. The van der Waals surface area contributed by atoms with Crippen LogP contribution in [0, 0.1) is 11.2 Å². The van der Waals surface area contributed by atoms with Gasteiger partial charge in [-0.2, -0.15) is 0 Å². The van der Waals surface area contributed by atoms with Crippen LogP contribution >= 0.6 is 0 Å². The van der Waals surface area contributed by atoms with Crippen LogP contribution in [0.1, 0.15) is 17.5 Å². The van der Waals surface area contributed by atoms with E-state index in [1.54, 1.807) is 12.1 Å². The number of likely N-dealkylation sites (tertiary alicyclic amines) is 1. The van der Waals surface area contributed by atoms with Gasteiger partial charge in [0.2, 0.25) is 0 Å². The van der Waals surface area contributed by atoms with E-state index >= 15 is 0 Å². The molecule has 0 spiro atoms. The lowest BCUT2D eigenvalue weighted by Crippen LogP contribution is -2.22. The van der Waals surface area contributed by atoms with E-state index in [1.165, 1.54) is 6.07 Å². The van der Waals surface area contributed by atoms with Crippen LogP contribution in [-0.2, 0) is 6.54 Å². The molecule has 0 bridgehead atoms. The minimum atomic E-state index is -0.348. The summed E-state index contributed by atoms with van der Waals surface area (Å²) in [4.78, 5) is 2.01. The van der Waals surface area contributed by atoms with Gasteiger partial charge in [0.15, 0.2) is 0 Å². The zero-order valence-corrected chi connectivity index (χ0v) is 9.49. The summed E-state index contributed by atoms with van der Waals surface area (Å²) in [7, 11) is 0. The molecule has 4 N–H and O–H groups in total. The second-order valence-corrected chi connectivity index (χ2v) is 4.40. The van der Waals surface area contributed by atoms with Crippen molar-refractivity contribution < 1.29 is 9.50 Å². The first kappa shape index (κ1) is 12.0. The van der Waals surface area contributed by atoms with E-state index < -0.39 is 0 Å². The van der Waals surface area contributed by atoms with Crippen LogP contribution in [0.3, 0.4) is 0 Å². The van der Waals surface area contributed by atoms with E-state index in [9.17, 15) is 9.50 Å². The molecule has 17 heavy (non-hydrogen) atoms. The molecular weight excluding hydrogens is 221 g/mol. The zero-order valence-electron chi connectivity index (χ0n) is 9.49. The van der Waals surface area contributed by atoms with E-state index in [2.05, 4.69) is 0 Å². The smallest absolute Gasteiger partial charge is 0.128 e. The number of rotatable bonds is 3. The van der Waals surface area contributed by atoms with Gasteiger partial charge in [0.1, 0.15) is 11.7 Å². The largest absolute Gasteiger partial charge is 0.392 e. The molecule has 2 rings (SSSR count). The minimum absolute atomic E-state index is 0.132. The third kappa shape index (κ3) is 2.81. The predicted octanol–water partition coefficient (Wildman–Crippen LogP) is 0.676. The highest BCUT2D eigenvalue weighted by Crippen LogP contribution is 2.16. The second-order valence-electron chi connectivity index (χ2n) is 4.40. The Morgan fingerprint density at radius 2 is 2.35 bits per heavy atom. The third-order valence-corrected chi connectivity index (χ3v) is 3.01. The van der Waals surface area contributed by atoms with E-state index in [0.717, 1.165) is 13.0 Å². The van der Waals surface area contributed by atoms with Crippen LogP contribution in [0.2, 0.25) is 0 Å². The van der Waals surface area contributed by atoms with Crippen molar-refractivity contribution in [2.45, 2.75) is 19.1 Å². The fraction of sp³-hybridized carbons (Fsp3) is 0.417. The minimum Gasteiger partial charge on any atom is -0.392 e. The van der Waals surface area contributed by atoms with Crippen LogP contribution < -0.4 is 5.73 Å². The van der Waals surface area contributed by atoms with E-state index in [0.29, 0.717) is 24.2 Å². The number of aliphatic hydroxyl groups is 1. The van der Waals surface area contributed by atoms with Crippen molar-refractivity contribution in [1.29, 1.82) is 5.41 Å². The summed E-state index contributed by atoms with van der Waals surface area (Å²) in [6, 6.07) is 4.58. The number of nitrogens with zero attached hydrogens (tertiary/aromatic N) is 1. The molecule has 1 fully saturated rings. The van der Waals surface area contributed by atoms with Gasteiger partial charge < -0.3 is 10.8 Å². The van der Waals surface area contributed by atoms with Crippen molar-refractivity contribution in [1.82, 2.24) is 4.90 Å². The molecule has 1 aromatic carbocycles. The van der Waals surface area contributed by atoms with Gasteiger partial charge in [0, 0.05) is 30.8 Å². The summed E-state index contributed by atoms with van der Waals surface area (Å²) < 4.78 is 13.7. The quantitative estimate of drug-likeness (QED) is 0.534. The fourth-order valence-corrected chi connectivity index (χ4v) is 2.04. The number of amidine groups is 1. The number of halogens is 1. The molecular formula is C12H16FN3O. The Bertz CT molecular complexity index is 436. The van der Waals surface area contributed by atoms with Crippen molar-refractivity contribution in [3.05, 3.63) is 35.1 Å². The van der Waals surface area contributed by atoms with Gasteiger partial charge in [-0.1, -0.05) is 12.1 Å². The summed E-state index contributed by atoms with van der Waals surface area (Å²) >= 11 is 0. The first-order chi connectivity index (χ1) is 8.06. The first-order valence-electron chi connectivity index (χ1n) is 5.59. The molecule has 0 amide bonds. The molecule has 1 saturated heterocycles. The highest BCUT2D eigenvalue weighted by molar-refractivity contribution is 5.94. The van der Waals surface area contributed by atoms with Crippen LogP contribution in [-0.4, -0.2) is 35.0 Å². The average Bonchev–Trinajstić information content (AvgIpc) is 2.67. The Kier molecular flexibility index (Phi) is 3.40. The molecule has 1 aliphatic rings. The topological polar surface area (TPSA) is 73.3 Å². The number of hydrogen-bond acceptors (Lipinski definition) is 3. The van der Waals surface area contributed by atoms with Gasteiger partial charge in [-0.15, -0.1) is 0 Å². The SMILES string of the molecule is N=C(N)c1ccc(CN2CCC(O)C2)c(F)c1. The highest BCUT2D eigenvalue weighted by Gasteiger charge is 2.21. The number of hydrogen-bond donors (Lipinski definition) is 3. The number of benzene rings is 1. The van der Waals surface area contributed by atoms with Crippen LogP contribution in [0.5, 0.6) is 0 Å². The van der Waals surface area contributed by atoms with Gasteiger partial charge in [-0.3, -0.25) is 10.3 Å². The first-order valence-corrected chi connectivity index (χ1v) is 5.59. The molecule has 1 heterocycles. The Labute approximate surface area is 99.4 Å². The Hall–Kier alpha value is -1.46. The lowest BCUT2D eigenvalue weighted by molar-refractivity contribution is 0.174. The normalized spacial score (nSPS) is 20.7. The van der Waals surface area contributed by atoms with Gasteiger partial charge in [-0.05, 0) is 12.5 Å². The zero-order chi connectivity index (χ0) is 12.4. The van der Waals surface area contributed by atoms with Crippen molar-refractivity contribution in [2.24, 2.45) is 5.73 Å². The summed E-state index contributed by atoms with van der Waals surface area (Å²) in [5.74, 6) is -0.480. The van der Waals surface area contributed by atoms with Gasteiger partial charge in [0.05, 0.1) is 6.10 Å². The Morgan fingerprint density at radius 3 is 2.88 bits per heavy atom. The predicted molar refractivity (Wildman–Crippen MR) is 63.3 cm³/mol. The summed E-state index contributed by atoms with van der Waals surface area (Å²) in [6.07, 6.45) is 0.446. The molecule has 1 aliphatic heterocycles. The monoisotopic (exact) mass is 237 g/mol. The summed E-state index contributed by atoms with van der Waals surface area (Å²) in [6.45, 7) is 1.87. The maximum atomic E-state index is 13.7. The molecule has 1 unspecified atom stereocenters. The van der Waals surface area contributed by atoms with Crippen LogP contribution in [0.4, 0.5) is 4.39 Å². The van der Waals surface area contributed by atoms with Gasteiger partial charge >= 0.3 is 0 Å². The maximum absolute atomic E-state index is 13.7. The number of aliphatic hydroxyl groups excluding tert-OH is 1. The van der Waals surface area contributed by atoms with Crippen LogP contribution in [0.15, 0.2) is 18.2 Å². The summed E-state index contributed by atoms with van der Waals surface area (Å²) in [5.41, 5.74) is 6.26. The second kappa shape index (κ2) is 4.81. The van der Waals surface area contributed by atoms with Crippen molar-refractivity contribution in [3.63, 3.8) is 0 Å². The third-order valence-electron chi connectivity index (χ3n) is 3.01. The fourth-order valence-electron chi connectivity index (χ4n) is 2.04. The molecule has 4 nitrogen and oxygen atoms in total. The van der Waals surface area contributed by atoms with E-state index in [-0.39, 0.29) is 17.8 Å². The molecule has 92 valence electrons. The highest BCUT2D eigenvalue weighted by atomic mass is 19.1. The van der Waals surface area contributed by atoms with Gasteiger partial charge in [-0.25, -0.2) is 4.39 Å². The van der Waals surface area contributed by atoms with E-state index in [4.69, 9.17) is 11.1 Å². The standard InChI is InChI=1S/C12H16FN3O/c13-11-5-8(12(14)15)1-2-9(11)6-16-4-3-10(17)7-16/h1-2,5,10,17H,3-4,6-7H2,(H3,14,15). The Morgan fingerprint density at radius 1 is 1.59 bits per heavy atom. The molecule has 0 radical (unpaired) electrons. The number of nitrogens with two attached hydrogens (primary N) is 1. The maximum Gasteiger partial charge on any atom is 0.128 e. The van der Waals surface area contributed by atoms with Crippen molar-refractivity contribution >= 4 is 5.84 Å². The lowest BCUT2D eigenvalue weighted by atomic mass is 10.1. The lowest BCUT2D eigenvalue weighted by Gasteiger charge is -2.15. The molecule has 5 heteroatoms. The van der Waals surface area contributed by atoms with Gasteiger partial charge in [0.25, 0.3) is 0 Å². The summed E-state index contributed by atoms with van der Waals surface area (Å²) in [5, 5.41) is 16.6. The average molecular weight is 237 g/mol. The Balaban J connectivity index is 2.09. The number of β-amino-alcohol motifs (C(OH)–C–C–N with tert-alkyl or cyclic N) is 1. The molecule has 1 atom stereocenters. The molecule has 1 aromatic rings. The molecule has 0 aliphatic carbocycles. The number of nitrogen functional groups attached to an aromatic ring is 1.